The van der Waals surface area contributed by atoms with E-state index in [9.17, 15) is 19.2 Å². The molecule has 0 radical (unpaired) electrons. The summed E-state index contributed by atoms with van der Waals surface area (Å²) in [6, 6.07) is 0. The fourth-order valence-corrected chi connectivity index (χ4v) is 0.875. The van der Waals surface area contributed by atoms with Crippen molar-refractivity contribution >= 4 is 23.7 Å². The Morgan fingerprint density at radius 1 is 0.947 bits per heavy atom. The number of hydrogen-bond donors (Lipinski definition) is 4. The summed E-state index contributed by atoms with van der Waals surface area (Å²) in [5.74, 6) is -4.72. The molecule has 110 valence electrons. The quantitative estimate of drug-likeness (QED) is 0.475. The smallest absolute Gasteiger partial charge is 0.372 e. The minimum Gasteiger partial charge on any atom is -0.481 e. The molecule has 0 saturated heterocycles. The van der Waals surface area contributed by atoms with Gasteiger partial charge in [-0.25, -0.2) is 9.59 Å². The summed E-state index contributed by atoms with van der Waals surface area (Å²) in [7, 11) is 0. The highest BCUT2D eigenvalue weighted by Gasteiger charge is 2.13. The van der Waals surface area contributed by atoms with Crippen LogP contribution in [0.15, 0.2) is 0 Å². The van der Waals surface area contributed by atoms with Gasteiger partial charge >= 0.3 is 17.9 Å². The van der Waals surface area contributed by atoms with Gasteiger partial charge in [0.15, 0.2) is 6.10 Å². The first-order valence-electron chi connectivity index (χ1n) is 5.46. The van der Waals surface area contributed by atoms with E-state index in [0.29, 0.717) is 6.42 Å². The van der Waals surface area contributed by atoms with Crippen LogP contribution in [-0.2, 0) is 19.2 Å². The number of ketones is 1. The second kappa shape index (κ2) is 10.0. The molecule has 0 saturated carbocycles. The molecule has 0 aromatic rings. The number of carbonyl (C=O) groups is 4. The van der Waals surface area contributed by atoms with Crippen LogP contribution >= 0.6 is 0 Å². The van der Waals surface area contributed by atoms with Crippen LogP contribution in [-0.4, -0.2) is 50.2 Å². The van der Waals surface area contributed by atoms with Gasteiger partial charge < -0.3 is 20.4 Å². The van der Waals surface area contributed by atoms with E-state index in [2.05, 4.69) is 0 Å². The van der Waals surface area contributed by atoms with Crippen molar-refractivity contribution in [3.05, 3.63) is 0 Å². The zero-order valence-corrected chi connectivity index (χ0v) is 10.7. The van der Waals surface area contributed by atoms with Crippen molar-refractivity contribution in [2.24, 2.45) is 5.92 Å². The number of hydrogen-bond acceptors (Lipinski definition) is 5. The van der Waals surface area contributed by atoms with Crippen LogP contribution < -0.4 is 0 Å². The fourth-order valence-electron chi connectivity index (χ4n) is 0.875. The molecule has 0 aliphatic heterocycles. The molecule has 0 spiro atoms. The Hall–Kier alpha value is -1.96. The molecule has 0 rings (SSSR count). The minimum atomic E-state index is -1.58. The number of Topliss-reactive ketones (excluding diaryl/α,β-unsaturated/α-hetero) is 1. The van der Waals surface area contributed by atoms with Crippen LogP contribution in [0.4, 0.5) is 0 Å². The minimum absolute atomic E-state index is 0.232. The molecule has 1 unspecified atom stereocenters. The van der Waals surface area contributed by atoms with E-state index >= 15 is 0 Å². The Morgan fingerprint density at radius 2 is 1.42 bits per heavy atom. The van der Waals surface area contributed by atoms with E-state index in [-0.39, 0.29) is 5.92 Å². The van der Waals surface area contributed by atoms with E-state index in [0.717, 1.165) is 0 Å². The Balaban J connectivity index is 0. The highest BCUT2D eigenvalue weighted by atomic mass is 16.4. The molecular formula is C11H18O8. The number of aliphatic hydroxyl groups excluding tert-OH is 1. The molecule has 0 aromatic heterocycles. The fraction of sp³-hybridized carbons (Fsp3) is 0.636. The molecule has 0 aromatic carbocycles. The van der Waals surface area contributed by atoms with Gasteiger partial charge in [-0.3, -0.25) is 9.59 Å². The number of carboxylic acid groups (broad SMARTS) is 3. The van der Waals surface area contributed by atoms with Crippen molar-refractivity contribution in [3.8, 4) is 0 Å². The summed E-state index contributed by atoms with van der Waals surface area (Å²) in [6.07, 6.45) is -1.73. The third-order valence-corrected chi connectivity index (χ3v) is 1.78. The number of carboxylic acids is 3. The average Bonchev–Trinajstić information content (AvgIpc) is 2.25. The molecule has 4 N–H and O–H groups in total. The summed E-state index contributed by atoms with van der Waals surface area (Å²) >= 11 is 0. The summed E-state index contributed by atoms with van der Waals surface area (Å²) in [5.41, 5.74) is 0. The summed E-state index contributed by atoms with van der Waals surface area (Å²) in [4.78, 5) is 39.7. The maximum Gasteiger partial charge on any atom is 0.372 e. The molecule has 1 atom stereocenters. The van der Waals surface area contributed by atoms with Gasteiger partial charge in [-0.05, 0) is 12.3 Å². The molecule has 8 heteroatoms. The van der Waals surface area contributed by atoms with Crippen molar-refractivity contribution < 1.29 is 39.6 Å². The van der Waals surface area contributed by atoms with Crippen molar-refractivity contribution in [3.63, 3.8) is 0 Å². The van der Waals surface area contributed by atoms with Crippen LogP contribution in [0.1, 0.15) is 33.1 Å². The Kier molecular flexibility index (Phi) is 10.2. The van der Waals surface area contributed by atoms with E-state index in [1.807, 2.05) is 13.8 Å². The van der Waals surface area contributed by atoms with Crippen LogP contribution in [0.2, 0.25) is 0 Å². The Labute approximate surface area is 109 Å². The van der Waals surface area contributed by atoms with Crippen LogP contribution in [0.3, 0.4) is 0 Å². The number of aliphatic hydroxyl groups is 1. The number of aliphatic carboxylic acids is 3. The van der Waals surface area contributed by atoms with Crippen LogP contribution in [0.25, 0.3) is 0 Å². The third-order valence-electron chi connectivity index (χ3n) is 1.78. The number of carbonyl (C=O) groups excluding carboxylic acids is 1. The van der Waals surface area contributed by atoms with Crippen molar-refractivity contribution in [1.82, 2.24) is 0 Å². The topological polar surface area (TPSA) is 149 Å². The maximum atomic E-state index is 10.2. The third kappa shape index (κ3) is 14.0. The van der Waals surface area contributed by atoms with E-state index < -0.39 is 42.6 Å². The first-order valence-corrected chi connectivity index (χ1v) is 5.46. The molecule has 0 bridgehead atoms. The molecule has 8 nitrogen and oxygen atoms in total. The highest BCUT2D eigenvalue weighted by molar-refractivity contribution is 6.32. The second-order valence-electron chi connectivity index (χ2n) is 4.11. The monoisotopic (exact) mass is 278 g/mol. The lowest BCUT2D eigenvalue weighted by Crippen LogP contribution is -2.21. The standard InChI is InChI=1S/C6H12O3.C5H6O5/c1-4(2)3-5(7)6(8)9;6-3(5(9)10)1-2-4(7)8/h4-5,7H,3H2,1-2H3,(H,8,9);1-2H2,(H,7,8)(H,9,10). The van der Waals surface area contributed by atoms with Gasteiger partial charge in [0, 0.05) is 6.42 Å². The zero-order chi connectivity index (χ0) is 15.6. The van der Waals surface area contributed by atoms with Crippen LogP contribution in [0.5, 0.6) is 0 Å². The van der Waals surface area contributed by atoms with Gasteiger partial charge in [0.05, 0.1) is 6.42 Å². The molecule has 0 aliphatic carbocycles. The Morgan fingerprint density at radius 3 is 1.63 bits per heavy atom. The van der Waals surface area contributed by atoms with Crippen molar-refractivity contribution in [2.75, 3.05) is 0 Å². The lowest BCUT2D eigenvalue weighted by atomic mass is 10.1. The molecule has 0 aliphatic rings. The van der Waals surface area contributed by atoms with Crippen molar-refractivity contribution in [1.29, 1.82) is 0 Å². The summed E-state index contributed by atoms with van der Waals surface area (Å²) in [5, 5.41) is 32.8. The van der Waals surface area contributed by atoms with Gasteiger partial charge in [-0.2, -0.15) is 0 Å². The van der Waals surface area contributed by atoms with Gasteiger partial charge in [0.1, 0.15) is 0 Å². The molecule has 0 heterocycles. The average molecular weight is 278 g/mol. The first-order chi connectivity index (χ1) is 8.57. The predicted molar refractivity (Wildman–Crippen MR) is 62.6 cm³/mol. The van der Waals surface area contributed by atoms with Gasteiger partial charge in [-0.15, -0.1) is 0 Å². The van der Waals surface area contributed by atoms with Gasteiger partial charge in [0.25, 0.3) is 0 Å². The first kappa shape index (κ1) is 19.4. The highest BCUT2D eigenvalue weighted by Crippen LogP contribution is 2.03. The lowest BCUT2D eigenvalue weighted by molar-refractivity contribution is -0.150. The molecule has 19 heavy (non-hydrogen) atoms. The normalized spacial score (nSPS) is 11.2. The van der Waals surface area contributed by atoms with Crippen LogP contribution in [0, 0.1) is 5.92 Å². The Bertz CT molecular complexity index is 334. The van der Waals surface area contributed by atoms with Crippen molar-refractivity contribution in [2.45, 2.75) is 39.2 Å². The molecule has 0 amide bonds. The van der Waals surface area contributed by atoms with Gasteiger partial charge in [0.2, 0.25) is 5.78 Å². The van der Waals surface area contributed by atoms with E-state index in [4.69, 9.17) is 20.4 Å². The lowest BCUT2D eigenvalue weighted by Gasteiger charge is -2.06. The summed E-state index contributed by atoms with van der Waals surface area (Å²) in [6.45, 7) is 3.73. The largest absolute Gasteiger partial charge is 0.481 e. The molecular weight excluding hydrogens is 260 g/mol. The van der Waals surface area contributed by atoms with E-state index in [1.165, 1.54) is 0 Å². The summed E-state index contributed by atoms with van der Waals surface area (Å²) < 4.78 is 0. The zero-order valence-electron chi connectivity index (χ0n) is 10.7. The SMILES string of the molecule is CC(C)CC(O)C(=O)O.O=C(O)CCC(=O)C(=O)O. The molecule has 0 fully saturated rings. The maximum absolute atomic E-state index is 10.2. The van der Waals surface area contributed by atoms with E-state index in [1.54, 1.807) is 0 Å². The van der Waals surface area contributed by atoms with Gasteiger partial charge in [-0.1, -0.05) is 13.8 Å². The predicted octanol–water partition coefficient (Wildman–Crippen LogP) is -0.0171. The number of rotatable bonds is 7. The second-order valence-corrected chi connectivity index (χ2v) is 4.11.